The lowest BCUT2D eigenvalue weighted by molar-refractivity contribution is -0.150. The Labute approximate surface area is 111 Å². The Morgan fingerprint density at radius 2 is 2.11 bits per heavy atom. The zero-order valence-electron chi connectivity index (χ0n) is 10.4. The molecule has 106 valence electrons. The van der Waals surface area contributed by atoms with E-state index in [1.807, 2.05) is 0 Å². The average Bonchev–Trinajstić information content (AvgIpc) is 2.92. The molecule has 0 radical (unpaired) electrons. The third kappa shape index (κ3) is 2.95. The standard InChI is InChI=1S/C11H17N3O4S/c15-10(16)11(4-2-1-3-5-11)8-14-19(17,18)9-6-12-13-7-9/h6-7,14H,1-5,8H2,(H,12,13)(H,15,16). The number of hydrogen-bond acceptors (Lipinski definition) is 4. The Kier molecular flexibility index (Phi) is 3.91. The van der Waals surface area contributed by atoms with Crippen LogP contribution < -0.4 is 4.72 Å². The summed E-state index contributed by atoms with van der Waals surface area (Å²) in [5, 5.41) is 15.4. The van der Waals surface area contributed by atoms with Gasteiger partial charge in [-0.3, -0.25) is 9.89 Å². The predicted molar refractivity (Wildman–Crippen MR) is 66.9 cm³/mol. The molecule has 0 amide bonds. The fourth-order valence-electron chi connectivity index (χ4n) is 2.40. The molecule has 1 aliphatic rings. The van der Waals surface area contributed by atoms with E-state index < -0.39 is 21.4 Å². The zero-order chi connectivity index (χ0) is 13.9. The average molecular weight is 287 g/mol. The van der Waals surface area contributed by atoms with Crippen molar-refractivity contribution in [2.45, 2.75) is 37.0 Å². The van der Waals surface area contributed by atoms with E-state index in [9.17, 15) is 18.3 Å². The summed E-state index contributed by atoms with van der Waals surface area (Å²) in [7, 11) is -3.70. The number of sulfonamides is 1. The molecule has 0 saturated heterocycles. The van der Waals surface area contributed by atoms with Gasteiger partial charge in [-0.05, 0) is 12.8 Å². The van der Waals surface area contributed by atoms with Gasteiger partial charge in [-0.25, -0.2) is 13.1 Å². The van der Waals surface area contributed by atoms with Crippen molar-refractivity contribution in [2.75, 3.05) is 6.54 Å². The number of rotatable bonds is 5. The second-order valence-corrected chi connectivity index (χ2v) is 6.67. The number of carboxylic acids is 1. The van der Waals surface area contributed by atoms with Crippen LogP contribution in [0.2, 0.25) is 0 Å². The summed E-state index contributed by atoms with van der Waals surface area (Å²) in [5.41, 5.74) is -0.977. The third-order valence-electron chi connectivity index (χ3n) is 3.65. The van der Waals surface area contributed by atoms with Gasteiger partial charge in [0.1, 0.15) is 4.90 Å². The van der Waals surface area contributed by atoms with Gasteiger partial charge in [0.25, 0.3) is 0 Å². The Morgan fingerprint density at radius 1 is 1.42 bits per heavy atom. The van der Waals surface area contributed by atoms with Gasteiger partial charge in [-0.2, -0.15) is 5.10 Å². The van der Waals surface area contributed by atoms with Gasteiger partial charge in [0.15, 0.2) is 0 Å². The summed E-state index contributed by atoms with van der Waals surface area (Å²) in [4.78, 5) is 11.4. The largest absolute Gasteiger partial charge is 0.481 e. The quantitative estimate of drug-likeness (QED) is 0.738. The molecular formula is C11H17N3O4S. The summed E-state index contributed by atoms with van der Waals surface area (Å²) in [6.45, 7) is -0.0736. The van der Waals surface area contributed by atoms with E-state index in [4.69, 9.17) is 0 Å². The first-order valence-corrected chi connectivity index (χ1v) is 7.66. The lowest BCUT2D eigenvalue weighted by atomic mass is 9.74. The molecule has 0 aliphatic heterocycles. The van der Waals surface area contributed by atoms with Crippen molar-refractivity contribution < 1.29 is 18.3 Å². The molecular weight excluding hydrogens is 270 g/mol. The number of aromatic nitrogens is 2. The highest BCUT2D eigenvalue weighted by Gasteiger charge is 2.40. The lowest BCUT2D eigenvalue weighted by Gasteiger charge is -2.33. The molecule has 0 atom stereocenters. The molecule has 19 heavy (non-hydrogen) atoms. The van der Waals surface area contributed by atoms with Crippen LogP contribution in [-0.2, 0) is 14.8 Å². The predicted octanol–water partition coefficient (Wildman–Crippen LogP) is 0.723. The van der Waals surface area contributed by atoms with Crippen molar-refractivity contribution in [1.82, 2.24) is 14.9 Å². The van der Waals surface area contributed by atoms with Crippen LogP contribution in [0, 0.1) is 5.41 Å². The topological polar surface area (TPSA) is 112 Å². The maximum atomic E-state index is 11.9. The smallest absolute Gasteiger partial charge is 0.310 e. The van der Waals surface area contributed by atoms with Crippen LogP contribution >= 0.6 is 0 Å². The third-order valence-corrected chi connectivity index (χ3v) is 5.02. The van der Waals surface area contributed by atoms with Crippen LogP contribution in [0.3, 0.4) is 0 Å². The minimum Gasteiger partial charge on any atom is -0.481 e. The molecule has 2 rings (SSSR count). The molecule has 0 aromatic carbocycles. The monoisotopic (exact) mass is 287 g/mol. The van der Waals surface area contributed by atoms with Crippen LogP contribution in [0.15, 0.2) is 17.3 Å². The normalized spacial score (nSPS) is 19.2. The van der Waals surface area contributed by atoms with E-state index >= 15 is 0 Å². The van der Waals surface area contributed by atoms with E-state index in [0.717, 1.165) is 19.3 Å². The van der Waals surface area contributed by atoms with Crippen molar-refractivity contribution in [3.05, 3.63) is 12.4 Å². The number of H-pyrrole nitrogens is 1. The van der Waals surface area contributed by atoms with E-state index in [1.54, 1.807) is 0 Å². The van der Waals surface area contributed by atoms with Crippen LogP contribution in [0.1, 0.15) is 32.1 Å². The molecule has 1 heterocycles. The highest BCUT2D eigenvalue weighted by atomic mass is 32.2. The molecule has 1 aromatic rings. The molecule has 1 saturated carbocycles. The first-order valence-electron chi connectivity index (χ1n) is 6.18. The molecule has 1 aromatic heterocycles. The minimum atomic E-state index is -3.70. The van der Waals surface area contributed by atoms with Crippen LogP contribution in [0.25, 0.3) is 0 Å². The Hall–Kier alpha value is -1.41. The minimum absolute atomic E-state index is 0.0175. The first-order chi connectivity index (χ1) is 8.96. The number of nitrogens with zero attached hydrogens (tertiary/aromatic N) is 1. The van der Waals surface area contributed by atoms with E-state index in [-0.39, 0.29) is 11.4 Å². The van der Waals surface area contributed by atoms with E-state index in [0.29, 0.717) is 12.8 Å². The Balaban J connectivity index is 2.09. The Bertz CT molecular complexity index is 532. The van der Waals surface area contributed by atoms with Gasteiger partial charge in [0.05, 0.1) is 11.6 Å². The highest BCUT2D eigenvalue weighted by Crippen LogP contribution is 2.36. The zero-order valence-corrected chi connectivity index (χ0v) is 11.2. The van der Waals surface area contributed by atoms with Gasteiger partial charge in [0.2, 0.25) is 10.0 Å². The molecule has 7 nitrogen and oxygen atoms in total. The van der Waals surface area contributed by atoms with Crippen molar-refractivity contribution in [3.8, 4) is 0 Å². The highest BCUT2D eigenvalue weighted by molar-refractivity contribution is 7.89. The molecule has 0 bridgehead atoms. The van der Waals surface area contributed by atoms with Gasteiger partial charge in [0, 0.05) is 12.7 Å². The number of carboxylic acid groups (broad SMARTS) is 1. The van der Waals surface area contributed by atoms with Crippen LogP contribution in [-0.4, -0.2) is 36.2 Å². The molecule has 1 aliphatic carbocycles. The fraction of sp³-hybridized carbons (Fsp3) is 0.636. The van der Waals surface area contributed by atoms with E-state index in [1.165, 1.54) is 12.4 Å². The van der Waals surface area contributed by atoms with Gasteiger partial charge in [-0.1, -0.05) is 19.3 Å². The van der Waals surface area contributed by atoms with Crippen LogP contribution in [0.4, 0.5) is 0 Å². The van der Waals surface area contributed by atoms with Crippen molar-refractivity contribution in [2.24, 2.45) is 5.41 Å². The lowest BCUT2D eigenvalue weighted by Crippen LogP contribution is -2.44. The number of aliphatic carboxylic acids is 1. The SMILES string of the molecule is O=C(O)C1(CNS(=O)(=O)c2cn[nH]c2)CCCCC1. The van der Waals surface area contributed by atoms with Crippen molar-refractivity contribution >= 4 is 16.0 Å². The van der Waals surface area contributed by atoms with Crippen LogP contribution in [0.5, 0.6) is 0 Å². The van der Waals surface area contributed by atoms with Gasteiger partial charge in [-0.15, -0.1) is 0 Å². The second kappa shape index (κ2) is 5.30. The van der Waals surface area contributed by atoms with Gasteiger partial charge >= 0.3 is 5.97 Å². The molecule has 0 unspecified atom stereocenters. The summed E-state index contributed by atoms with van der Waals surface area (Å²) >= 11 is 0. The maximum Gasteiger partial charge on any atom is 0.310 e. The number of nitrogens with one attached hydrogen (secondary N) is 2. The molecule has 0 spiro atoms. The molecule has 8 heteroatoms. The summed E-state index contributed by atoms with van der Waals surface area (Å²) in [6, 6.07) is 0. The Morgan fingerprint density at radius 3 is 2.63 bits per heavy atom. The van der Waals surface area contributed by atoms with Crippen molar-refractivity contribution in [1.29, 1.82) is 0 Å². The number of carbonyl (C=O) groups is 1. The van der Waals surface area contributed by atoms with Crippen molar-refractivity contribution in [3.63, 3.8) is 0 Å². The van der Waals surface area contributed by atoms with Gasteiger partial charge < -0.3 is 5.11 Å². The summed E-state index contributed by atoms with van der Waals surface area (Å²) in [6.07, 6.45) is 6.11. The summed E-state index contributed by atoms with van der Waals surface area (Å²) in [5.74, 6) is -0.929. The number of aromatic amines is 1. The summed E-state index contributed by atoms with van der Waals surface area (Å²) < 4.78 is 26.3. The van der Waals surface area contributed by atoms with E-state index in [2.05, 4.69) is 14.9 Å². The first kappa shape index (κ1) is 14.0. The molecule has 3 N–H and O–H groups in total. The maximum absolute atomic E-state index is 11.9. The number of hydrogen-bond donors (Lipinski definition) is 3. The second-order valence-electron chi connectivity index (χ2n) is 4.90. The molecule has 1 fully saturated rings. The fourth-order valence-corrected chi connectivity index (χ4v) is 3.43.